The van der Waals surface area contributed by atoms with Gasteiger partial charge in [0.15, 0.2) is 0 Å². The van der Waals surface area contributed by atoms with Crippen LogP contribution >= 0.6 is 15.9 Å². The largest absolute Gasteiger partial charge is 0.497 e. The highest BCUT2D eigenvalue weighted by atomic mass is 79.9. The third-order valence-corrected chi connectivity index (χ3v) is 3.96. The summed E-state index contributed by atoms with van der Waals surface area (Å²) in [5, 5.41) is 0. The second kappa shape index (κ2) is 6.96. The van der Waals surface area contributed by atoms with E-state index < -0.39 is 0 Å². The fourth-order valence-corrected chi connectivity index (χ4v) is 2.71. The highest BCUT2D eigenvalue weighted by molar-refractivity contribution is 9.10. The Morgan fingerprint density at radius 2 is 1.86 bits per heavy atom. The van der Waals surface area contributed by atoms with Gasteiger partial charge in [-0.2, -0.15) is 0 Å². The maximum atomic E-state index is 6.09. The van der Waals surface area contributed by atoms with Crippen LogP contribution < -0.4 is 15.4 Å². The zero-order valence-corrected chi connectivity index (χ0v) is 14.2. The number of hydrogen-bond acceptors (Lipinski definition) is 3. The molecule has 0 aromatic heterocycles. The van der Waals surface area contributed by atoms with Crippen molar-refractivity contribution in [2.24, 2.45) is 5.73 Å². The molecule has 2 N–H and O–H groups in total. The Morgan fingerprint density at radius 1 is 1.19 bits per heavy atom. The lowest BCUT2D eigenvalue weighted by molar-refractivity contribution is 0.414. The summed E-state index contributed by atoms with van der Waals surface area (Å²) in [6.07, 6.45) is 0. The van der Waals surface area contributed by atoms with Gasteiger partial charge in [0.1, 0.15) is 5.75 Å². The normalized spacial score (nSPS) is 12.0. The van der Waals surface area contributed by atoms with Crippen LogP contribution in [-0.4, -0.2) is 14.2 Å². The molecule has 0 heterocycles. The molecule has 0 saturated carbocycles. The molecule has 0 aliphatic carbocycles. The average Bonchev–Trinajstić information content (AvgIpc) is 2.47. The molecule has 0 saturated heterocycles. The second-order valence-corrected chi connectivity index (χ2v) is 6.11. The lowest BCUT2D eigenvalue weighted by atomic mass is 10.1. The molecule has 4 heteroatoms. The van der Waals surface area contributed by atoms with Crippen molar-refractivity contribution < 1.29 is 4.74 Å². The average molecular weight is 349 g/mol. The molecule has 2 aromatic rings. The zero-order chi connectivity index (χ0) is 15.4. The lowest BCUT2D eigenvalue weighted by Crippen LogP contribution is -2.20. The van der Waals surface area contributed by atoms with Crippen LogP contribution in [0.15, 0.2) is 46.9 Å². The molecule has 0 amide bonds. The van der Waals surface area contributed by atoms with Gasteiger partial charge in [0.05, 0.1) is 7.11 Å². The van der Waals surface area contributed by atoms with E-state index in [-0.39, 0.29) is 6.04 Å². The summed E-state index contributed by atoms with van der Waals surface area (Å²) in [5.74, 6) is 0.876. The molecule has 0 spiro atoms. The maximum Gasteiger partial charge on any atom is 0.118 e. The SMILES string of the molecule is COc1ccc(CN(C)c2ccc(Br)cc2C(C)N)cc1. The van der Waals surface area contributed by atoms with E-state index in [0.29, 0.717) is 0 Å². The van der Waals surface area contributed by atoms with Crippen molar-refractivity contribution in [2.75, 3.05) is 19.1 Å². The molecule has 3 nitrogen and oxygen atoms in total. The number of benzene rings is 2. The van der Waals surface area contributed by atoms with Crippen molar-refractivity contribution in [3.8, 4) is 5.75 Å². The Labute approximate surface area is 134 Å². The van der Waals surface area contributed by atoms with Crippen LogP contribution in [0.2, 0.25) is 0 Å². The van der Waals surface area contributed by atoms with E-state index in [2.05, 4.69) is 52.1 Å². The van der Waals surface area contributed by atoms with E-state index in [1.54, 1.807) is 7.11 Å². The first kappa shape index (κ1) is 15.9. The summed E-state index contributed by atoms with van der Waals surface area (Å²) >= 11 is 3.51. The van der Waals surface area contributed by atoms with Gasteiger partial charge in [0.2, 0.25) is 0 Å². The van der Waals surface area contributed by atoms with Crippen LogP contribution in [0, 0.1) is 0 Å². The maximum absolute atomic E-state index is 6.09. The van der Waals surface area contributed by atoms with Gasteiger partial charge in [-0.25, -0.2) is 0 Å². The number of hydrogen-bond donors (Lipinski definition) is 1. The molecular weight excluding hydrogens is 328 g/mol. The summed E-state index contributed by atoms with van der Waals surface area (Å²) in [6, 6.07) is 14.4. The van der Waals surface area contributed by atoms with E-state index in [1.807, 2.05) is 25.1 Å². The van der Waals surface area contributed by atoms with Crippen LogP contribution in [-0.2, 0) is 6.54 Å². The monoisotopic (exact) mass is 348 g/mol. The minimum atomic E-state index is -0.00387. The number of halogens is 1. The third-order valence-electron chi connectivity index (χ3n) is 3.47. The Kier molecular flexibility index (Phi) is 5.26. The molecule has 21 heavy (non-hydrogen) atoms. The number of ether oxygens (including phenoxy) is 1. The summed E-state index contributed by atoms with van der Waals surface area (Å²) in [7, 11) is 3.76. The van der Waals surface area contributed by atoms with Crippen LogP contribution in [0.5, 0.6) is 5.75 Å². The molecule has 2 rings (SSSR count). The summed E-state index contributed by atoms with van der Waals surface area (Å²) in [4.78, 5) is 2.22. The van der Waals surface area contributed by atoms with Crippen molar-refractivity contribution in [3.63, 3.8) is 0 Å². The van der Waals surface area contributed by atoms with Crippen molar-refractivity contribution in [2.45, 2.75) is 19.5 Å². The predicted octanol–water partition coefficient (Wildman–Crippen LogP) is 4.11. The third kappa shape index (κ3) is 3.99. The Bertz CT molecular complexity index is 596. The van der Waals surface area contributed by atoms with Crippen molar-refractivity contribution in [1.29, 1.82) is 0 Å². The van der Waals surface area contributed by atoms with Gasteiger partial charge < -0.3 is 15.4 Å². The van der Waals surface area contributed by atoms with Gasteiger partial charge in [0, 0.05) is 29.8 Å². The van der Waals surface area contributed by atoms with Gasteiger partial charge in [-0.3, -0.25) is 0 Å². The highest BCUT2D eigenvalue weighted by Crippen LogP contribution is 2.29. The van der Waals surface area contributed by atoms with Gasteiger partial charge in [0.25, 0.3) is 0 Å². The zero-order valence-electron chi connectivity index (χ0n) is 12.6. The standard InChI is InChI=1S/C17H21BrN2O/c1-12(19)16-10-14(18)6-9-17(16)20(2)11-13-4-7-15(21-3)8-5-13/h4-10,12H,11,19H2,1-3H3. The molecule has 1 unspecified atom stereocenters. The van der Waals surface area contributed by atoms with Gasteiger partial charge in [-0.15, -0.1) is 0 Å². The predicted molar refractivity (Wildman–Crippen MR) is 91.8 cm³/mol. The molecule has 2 aromatic carbocycles. The fourth-order valence-electron chi connectivity index (χ4n) is 2.33. The van der Waals surface area contributed by atoms with E-state index in [1.165, 1.54) is 5.56 Å². The number of rotatable bonds is 5. The number of methoxy groups -OCH3 is 1. The van der Waals surface area contributed by atoms with Gasteiger partial charge >= 0.3 is 0 Å². The van der Waals surface area contributed by atoms with E-state index in [9.17, 15) is 0 Å². The minimum absolute atomic E-state index is 0.00387. The molecule has 0 radical (unpaired) electrons. The highest BCUT2D eigenvalue weighted by Gasteiger charge is 2.12. The lowest BCUT2D eigenvalue weighted by Gasteiger charge is -2.24. The molecule has 0 fully saturated rings. The number of anilines is 1. The fraction of sp³-hybridized carbons (Fsp3) is 0.294. The van der Waals surface area contributed by atoms with Crippen molar-refractivity contribution in [1.82, 2.24) is 0 Å². The molecule has 0 bridgehead atoms. The quantitative estimate of drug-likeness (QED) is 0.883. The molecule has 0 aliphatic heterocycles. The van der Waals surface area contributed by atoms with E-state index in [0.717, 1.165) is 28.0 Å². The van der Waals surface area contributed by atoms with Crippen LogP contribution in [0.1, 0.15) is 24.1 Å². The molecular formula is C17H21BrN2O. The van der Waals surface area contributed by atoms with E-state index >= 15 is 0 Å². The summed E-state index contributed by atoms with van der Waals surface area (Å²) in [5.41, 5.74) is 9.62. The first-order chi connectivity index (χ1) is 10.0. The van der Waals surface area contributed by atoms with Crippen molar-refractivity contribution in [3.05, 3.63) is 58.1 Å². The molecule has 1 atom stereocenters. The smallest absolute Gasteiger partial charge is 0.118 e. The number of nitrogens with two attached hydrogens (primary N) is 1. The minimum Gasteiger partial charge on any atom is -0.497 e. The molecule has 0 aliphatic rings. The Hall–Kier alpha value is -1.52. The number of nitrogens with zero attached hydrogens (tertiary/aromatic N) is 1. The van der Waals surface area contributed by atoms with E-state index in [4.69, 9.17) is 10.5 Å². The van der Waals surface area contributed by atoms with Gasteiger partial charge in [-0.05, 0) is 48.4 Å². The summed E-state index contributed by atoms with van der Waals surface area (Å²) < 4.78 is 6.24. The Morgan fingerprint density at radius 3 is 2.43 bits per heavy atom. The summed E-state index contributed by atoms with van der Waals surface area (Å²) in [6.45, 7) is 2.83. The van der Waals surface area contributed by atoms with Crippen LogP contribution in [0.3, 0.4) is 0 Å². The van der Waals surface area contributed by atoms with Gasteiger partial charge in [-0.1, -0.05) is 28.1 Å². The van der Waals surface area contributed by atoms with Crippen LogP contribution in [0.4, 0.5) is 5.69 Å². The van der Waals surface area contributed by atoms with Crippen LogP contribution in [0.25, 0.3) is 0 Å². The first-order valence-corrected chi connectivity index (χ1v) is 7.69. The van der Waals surface area contributed by atoms with Crippen molar-refractivity contribution >= 4 is 21.6 Å². The molecule has 112 valence electrons. The topological polar surface area (TPSA) is 38.5 Å². The first-order valence-electron chi connectivity index (χ1n) is 6.90. The second-order valence-electron chi connectivity index (χ2n) is 5.20. The Balaban J connectivity index is 2.21.